The van der Waals surface area contributed by atoms with E-state index >= 15 is 0 Å². The number of nitrogens with zero attached hydrogens (tertiary/aromatic N) is 1. The van der Waals surface area contributed by atoms with E-state index in [1.54, 1.807) is 18.2 Å². The molecule has 0 atom stereocenters. The van der Waals surface area contributed by atoms with Gasteiger partial charge >= 0.3 is 5.97 Å². The Bertz CT molecular complexity index is 559. The molecule has 92 valence electrons. The maximum Gasteiger partial charge on any atom is 0.335 e. The van der Waals surface area contributed by atoms with E-state index in [2.05, 4.69) is 0 Å². The van der Waals surface area contributed by atoms with Crippen molar-refractivity contribution in [2.24, 2.45) is 0 Å². The van der Waals surface area contributed by atoms with Crippen LogP contribution in [0.2, 0.25) is 0 Å². The van der Waals surface area contributed by atoms with Crippen LogP contribution in [0.5, 0.6) is 0 Å². The summed E-state index contributed by atoms with van der Waals surface area (Å²) < 4.78 is 0. The van der Waals surface area contributed by atoms with Gasteiger partial charge in [0.1, 0.15) is 0 Å². The highest BCUT2D eigenvalue weighted by atomic mass is 16.4. The number of hydrogen-bond acceptors (Lipinski definition) is 2. The Morgan fingerprint density at radius 1 is 1.00 bits per heavy atom. The molecule has 0 spiro atoms. The van der Waals surface area contributed by atoms with E-state index in [4.69, 9.17) is 5.11 Å². The first kappa shape index (κ1) is 12.2. The van der Waals surface area contributed by atoms with Gasteiger partial charge in [0.05, 0.1) is 5.56 Å². The molecular formula is C15H15NO2. The summed E-state index contributed by atoms with van der Waals surface area (Å²) in [4.78, 5) is 12.9. The van der Waals surface area contributed by atoms with Crippen LogP contribution in [0.1, 0.15) is 10.4 Å². The zero-order valence-corrected chi connectivity index (χ0v) is 10.4. The Kier molecular flexibility index (Phi) is 3.33. The highest BCUT2D eigenvalue weighted by Crippen LogP contribution is 2.23. The Morgan fingerprint density at radius 2 is 1.67 bits per heavy atom. The standard InChI is InChI=1S/C15H15NO2/c1-16(2)14-8-6-11(7-9-14)12-4-3-5-13(10-12)15(17)18/h3-10H,1-2H3,(H,17,18). The third kappa shape index (κ3) is 2.51. The molecule has 3 nitrogen and oxygen atoms in total. The molecule has 0 aliphatic heterocycles. The second-order valence-corrected chi connectivity index (χ2v) is 4.33. The molecule has 0 heterocycles. The van der Waals surface area contributed by atoms with Crippen LogP contribution in [0, 0.1) is 0 Å². The molecule has 2 aromatic carbocycles. The van der Waals surface area contributed by atoms with Gasteiger partial charge in [0, 0.05) is 19.8 Å². The molecule has 0 saturated carbocycles. The van der Waals surface area contributed by atoms with Gasteiger partial charge in [-0.05, 0) is 35.4 Å². The van der Waals surface area contributed by atoms with Crippen molar-refractivity contribution in [3.8, 4) is 11.1 Å². The predicted octanol–water partition coefficient (Wildman–Crippen LogP) is 3.12. The number of carboxylic acids is 1. The van der Waals surface area contributed by atoms with Crippen LogP contribution >= 0.6 is 0 Å². The number of aromatic carboxylic acids is 1. The van der Waals surface area contributed by atoms with Gasteiger partial charge in [0.15, 0.2) is 0 Å². The molecule has 18 heavy (non-hydrogen) atoms. The highest BCUT2D eigenvalue weighted by molar-refractivity contribution is 5.89. The number of rotatable bonds is 3. The van der Waals surface area contributed by atoms with Crippen molar-refractivity contribution in [2.45, 2.75) is 0 Å². The molecule has 0 unspecified atom stereocenters. The smallest absolute Gasteiger partial charge is 0.335 e. The van der Waals surface area contributed by atoms with Crippen molar-refractivity contribution in [1.82, 2.24) is 0 Å². The lowest BCUT2D eigenvalue weighted by Crippen LogP contribution is -2.07. The van der Waals surface area contributed by atoms with Crippen molar-refractivity contribution in [2.75, 3.05) is 19.0 Å². The minimum atomic E-state index is -0.901. The van der Waals surface area contributed by atoms with Crippen LogP contribution in [-0.2, 0) is 0 Å². The molecule has 2 aromatic rings. The van der Waals surface area contributed by atoms with E-state index in [1.165, 1.54) is 0 Å². The average Bonchev–Trinajstić information content (AvgIpc) is 2.39. The fraction of sp³-hybridized carbons (Fsp3) is 0.133. The van der Waals surface area contributed by atoms with Gasteiger partial charge in [-0.15, -0.1) is 0 Å². The number of anilines is 1. The fourth-order valence-electron chi connectivity index (χ4n) is 1.78. The van der Waals surface area contributed by atoms with Gasteiger partial charge in [-0.25, -0.2) is 4.79 Å². The van der Waals surface area contributed by atoms with Gasteiger partial charge in [-0.2, -0.15) is 0 Å². The highest BCUT2D eigenvalue weighted by Gasteiger charge is 2.05. The SMILES string of the molecule is CN(C)c1ccc(-c2cccc(C(=O)O)c2)cc1. The molecule has 0 bridgehead atoms. The van der Waals surface area contributed by atoms with Crippen LogP contribution in [0.15, 0.2) is 48.5 Å². The maximum absolute atomic E-state index is 10.9. The van der Waals surface area contributed by atoms with Crippen LogP contribution in [0.25, 0.3) is 11.1 Å². The summed E-state index contributed by atoms with van der Waals surface area (Å²) in [6.07, 6.45) is 0. The van der Waals surface area contributed by atoms with E-state index in [0.717, 1.165) is 16.8 Å². The van der Waals surface area contributed by atoms with Crippen LogP contribution in [0.3, 0.4) is 0 Å². The lowest BCUT2D eigenvalue weighted by atomic mass is 10.0. The second kappa shape index (κ2) is 4.92. The van der Waals surface area contributed by atoms with E-state index in [9.17, 15) is 4.79 Å². The number of carboxylic acid groups (broad SMARTS) is 1. The summed E-state index contributed by atoms with van der Waals surface area (Å²) in [5.41, 5.74) is 3.36. The molecule has 0 aliphatic rings. The quantitative estimate of drug-likeness (QED) is 0.897. The van der Waals surface area contributed by atoms with Crippen molar-refractivity contribution in [3.05, 3.63) is 54.1 Å². The van der Waals surface area contributed by atoms with Crippen molar-refractivity contribution in [1.29, 1.82) is 0 Å². The second-order valence-electron chi connectivity index (χ2n) is 4.33. The van der Waals surface area contributed by atoms with E-state index in [0.29, 0.717) is 5.56 Å². The summed E-state index contributed by atoms with van der Waals surface area (Å²) in [7, 11) is 3.97. The molecule has 0 aliphatic carbocycles. The van der Waals surface area contributed by atoms with Gasteiger partial charge < -0.3 is 10.0 Å². The molecule has 0 amide bonds. The molecule has 0 saturated heterocycles. The Balaban J connectivity index is 2.36. The topological polar surface area (TPSA) is 40.5 Å². The average molecular weight is 241 g/mol. The summed E-state index contributed by atoms with van der Waals surface area (Å²) >= 11 is 0. The first-order chi connectivity index (χ1) is 8.58. The number of benzene rings is 2. The third-order valence-corrected chi connectivity index (χ3v) is 2.83. The minimum Gasteiger partial charge on any atom is -0.478 e. The lowest BCUT2D eigenvalue weighted by Gasteiger charge is -2.12. The first-order valence-electron chi connectivity index (χ1n) is 5.69. The molecule has 2 rings (SSSR count). The van der Waals surface area contributed by atoms with E-state index < -0.39 is 5.97 Å². The maximum atomic E-state index is 10.9. The summed E-state index contributed by atoms with van der Waals surface area (Å²) in [6.45, 7) is 0. The molecule has 0 aromatic heterocycles. The molecule has 0 radical (unpaired) electrons. The van der Waals surface area contributed by atoms with Crippen LogP contribution < -0.4 is 4.90 Å². The fourth-order valence-corrected chi connectivity index (χ4v) is 1.78. The van der Waals surface area contributed by atoms with Crippen molar-refractivity contribution >= 4 is 11.7 Å². The van der Waals surface area contributed by atoms with Gasteiger partial charge in [0.25, 0.3) is 0 Å². The Labute approximate surface area is 106 Å². The Hall–Kier alpha value is -2.29. The molecule has 1 N–H and O–H groups in total. The van der Waals surface area contributed by atoms with Crippen LogP contribution in [-0.4, -0.2) is 25.2 Å². The predicted molar refractivity (Wildman–Crippen MR) is 73.2 cm³/mol. The molecular weight excluding hydrogens is 226 g/mol. The summed E-state index contributed by atoms with van der Waals surface area (Å²) in [6, 6.07) is 15.0. The monoisotopic (exact) mass is 241 g/mol. The van der Waals surface area contributed by atoms with E-state index in [1.807, 2.05) is 49.3 Å². The largest absolute Gasteiger partial charge is 0.478 e. The van der Waals surface area contributed by atoms with E-state index in [-0.39, 0.29) is 0 Å². The lowest BCUT2D eigenvalue weighted by molar-refractivity contribution is 0.0697. The van der Waals surface area contributed by atoms with Gasteiger partial charge in [-0.3, -0.25) is 0 Å². The van der Waals surface area contributed by atoms with Crippen LogP contribution in [0.4, 0.5) is 5.69 Å². The molecule has 0 fully saturated rings. The summed E-state index contributed by atoms with van der Waals surface area (Å²) in [5, 5.41) is 8.97. The van der Waals surface area contributed by atoms with Crippen molar-refractivity contribution < 1.29 is 9.90 Å². The van der Waals surface area contributed by atoms with Gasteiger partial charge in [0.2, 0.25) is 0 Å². The third-order valence-electron chi connectivity index (χ3n) is 2.83. The zero-order valence-electron chi connectivity index (χ0n) is 10.4. The first-order valence-corrected chi connectivity index (χ1v) is 5.69. The number of carbonyl (C=O) groups is 1. The number of hydrogen-bond donors (Lipinski definition) is 1. The minimum absolute atomic E-state index is 0.309. The molecule has 3 heteroatoms. The summed E-state index contributed by atoms with van der Waals surface area (Å²) in [5.74, 6) is -0.901. The van der Waals surface area contributed by atoms with Crippen molar-refractivity contribution in [3.63, 3.8) is 0 Å². The van der Waals surface area contributed by atoms with Gasteiger partial charge in [-0.1, -0.05) is 24.3 Å². The zero-order chi connectivity index (χ0) is 13.1. The Morgan fingerprint density at radius 3 is 2.22 bits per heavy atom. The normalized spacial score (nSPS) is 10.1.